The highest BCUT2D eigenvalue weighted by Crippen LogP contribution is 2.29. The van der Waals surface area contributed by atoms with Gasteiger partial charge in [0.15, 0.2) is 0 Å². The summed E-state index contributed by atoms with van der Waals surface area (Å²) >= 11 is 0. The summed E-state index contributed by atoms with van der Waals surface area (Å²) in [7, 11) is -0.545. The summed E-state index contributed by atoms with van der Waals surface area (Å²) in [6.45, 7) is 5.73. The van der Waals surface area contributed by atoms with Crippen LogP contribution in [0.25, 0.3) is 0 Å². The molecule has 2 rings (SSSR count). The van der Waals surface area contributed by atoms with Crippen LogP contribution < -0.4 is 9.46 Å². The van der Waals surface area contributed by atoms with Gasteiger partial charge in [0.25, 0.3) is 5.91 Å². The van der Waals surface area contributed by atoms with Crippen LogP contribution in [-0.4, -0.2) is 45.5 Å². The van der Waals surface area contributed by atoms with Gasteiger partial charge in [-0.3, -0.25) is 4.79 Å². The van der Waals surface area contributed by atoms with Crippen LogP contribution in [0.1, 0.15) is 56.8 Å². The van der Waals surface area contributed by atoms with E-state index in [-0.39, 0.29) is 28.6 Å². The van der Waals surface area contributed by atoms with Gasteiger partial charge in [0, 0.05) is 24.7 Å². The lowest BCUT2D eigenvalue weighted by Gasteiger charge is -2.33. The number of carbonyl (C=O) groups excluding carboxylic acids is 1. The van der Waals surface area contributed by atoms with Crippen LogP contribution in [0.5, 0.6) is 5.75 Å². The second kappa shape index (κ2) is 8.39. The van der Waals surface area contributed by atoms with Crippen LogP contribution in [0, 0.1) is 5.92 Å². The first kappa shape index (κ1) is 20.7. The van der Waals surface area contributed by atoms with Gasteiger partial charge in [-0.25, -0.2) is 13.1 Å². The minimum absolute atomic E-state index is 0.00906. The van der Waals surface area contributed by atoms with Crippen LogP contribution >= 0.6 is 0 Å². The topological polar surface area (TPSA) is 75.7 Å². The predicted octanol–water partition coefficient (Wildman–Crippen LogP) is 3.03. The fourth-order valence-corrected chi connectivity index (χ4v) is 4.84. The molecule has 0 saturated heterocycles. The van der Waals surface area contributed by atoms with E-state index in [0.29, 0.717) is 11.5 Å². The highest BCUT2D eigenvalue weighted by molar-refractivity contribution is 7.89. The van der Waals surface area contributed by atoms with Gasteiger partial charge in [0.05, 0.1) is 7.11 Å². The summed E-state index contributed by atoms with van der Waals surface area (Å²) in [5, 5.41) is 0. The molecule has 0 radical (unpaired) electrons. The van der Waals surface area contributed by atoms with Crippen molar-refractivity contribution in [2.24, 2.45) is 5.92 Å². The van der Waals surface area contributed by atoms with Crippen LogP contribution in [0.2, 0.25) is 0 Å². The maximum atomic E-state index is 12.9. The molecule has 1 N–H and O–H groups in total. The minimum atomic E-state index is -3.76. The van der Waals surface area contributed by atoms with Gasteiger partial charge in [-0.1, -0.05) is 6.92 Å². The van der Waals surface area contributed by atoms with Gasteiger partial charge >= 0.3 is 0 Å². The summed E-state index contributed by atoms with van der Waals surface area (Å²) in [4.78, 5) is 14.6. The zero-order chi connectivity index (χ0) is 19.5. The van der Waals surface area contributed by atoms with E-state index in [2.05, 4.69) is 11.6 Å². The largest absolute Gasteiger partial charge is 0.495 e. The summed E-state index contributed by atoms with van der Waals surface area (Å²) in [6.07, 6.45) is 4.20. The minimum Gasteiger partial charge on any atom is -0.495 e. The molecule has 1 aliphatic rings. The second-order valence-electron chi connectivity index (χ2n) is 7.47. The Labute approximate surface area is 157 Å². The first-order valence-electron chi connectivity index (χ1n) is 9.13. The first-order valence-corrected chi connectivity index (χ1v) is 10.6. The van der Waals surface area contributed by atoms with E-state index in [0.717, 1.165) is 25.7 Å². The Kier molecular flexibility index (Phi) is 6.69. The number of nitrogens with zero attached hydrogens (tertiary/aromatic N) is 1. The van der Waals surface area contributed by atoms with E-state index >= 15 is 0 Å². The molecule has 1 fully saturated rings. The summed E-state index contributed by atoms with van der Waals surface area (Å²) in [5.74, 6) is 0.770. The molecule has 0 bridgehead atoms. The van der Waals surface area contributed by atoms with Crippen molar-refractivity contribution in [1.29, 1.82) is 0 Å². The van der Waals surface area contributed by atoms with Crippen molar-refractivity contribution >= 4 is 15.9 Å². The maximum Gasteiger partial charge on any atom is 0.253 e. The van der Waals surface area contributed by atoms with E-state index in [1.807, 2.05) is 0 Å². The molecule has 1 amide bonds. The third-order valence-electron chi connectivity index (χ3n) is 4.94. The number of sulfonamides is 1. The average Bonchev–Trinajstić information content (AvgIpc) is 2.59. The van der Waals surface area contributed by atoms with Gasteiger partial charge < -0.3 is 9.64 Å². The Bertz CT molecular complexity index is 738. The van der Waals surface area contributed by atoms with Crippen LogP contribution in [0.4, 0.5) is 0 Å². The van der Waals surface area contributed by atoms with Gasteiger partial charge in [0.2, 0.25) is 10.0 Å². The standard InChI is InChI=1S/C19H30N2O4S/c1-13(2)20-26(23,24)18-12-15(8-11-17(18)25-5)19(22)21(4)16-9-6-14(3)7-10-16/h8,11-14,16,20H,6-7,9-10H2,1-5H3. The molecule has 0 atom stereocenters. The van der Waals surface area contributed by atoms with Crippen molar-refractivity contribution in [1.82, 2.24) is 9.62 Å². The smallest absolute Gasteiger partial charge is 0.253 e. The molecule has 1 aliphatic carbocycles. The fraction of sp³-hybridized carbons (Fsp3) is 0.632. The number of rotatable bonds is 6. The molecular weight excluding hydrogens is 352 g/mol. The van der Waals surface area contributed by atoms with Crippen molar-refractivity contribution in [3.05, 3.63) is 23.8 Å². The lowest BCUT2D eigenvalue weighted by atomic mass is 9.86. The Hall–Kier alpha value is -1.60. The quantitative estimate of drug-likeness (QED) is 0.820. The molecule has 0 spiro atoms. The third-order valence-corrected chi connectivity index (χ3v) is 6.62. The molecule has 1 saturated carbocycles. The fourth-order valence-electron chi connectivity index (χ4n) is 3.39. The molecule has 7 heteroatoms. The molecular formula is C19H30N2O4S. The van der Waals surface area contributed by atoms with E-state index in [4.69, 9.17) is 4.74 Å². The number of hydrogen-bond donors (Lipinski definition) is 1. The Balaban J connectivity index is 2.29. The highest BCUT2D eigenvalue weighted by Gasteiger charge is 2.27. The average molecular weight is 383 g/mol. The van der Waals surface area contributed by atoms with Crippen LogP contribution in [0.3, 0.4) is 0 Å². The van der Waals surface area contributed by atoms with E-state index in [1.165, 1.54) is 13.2 Å². The van der Waals surface area contributed by atoms with Gasteiger partial charge in [0.1, 0.15) is 10.6 Å². The molecule has 1 aromatic rings. The van der Waals surface area contributed by atoms with Gasteiger partial charge in [-0.2, -0.15) is 0 Å². The molecule has 6 nitrogen and oxygen atoms in total. The molecule has 0 aliphatic heterocycles. The summed E-state index contributed by atoms with van der Waals surface area (Å²) in [6, 6.07) is 4.52. The van der Waals surface area contributed by atoms with Crippen molar-refractivity contribution in [3.8, 4) is 5.75 Å². The zero-order valence-electron chi connectivity index (χ0n) is 16.3. The lowest BCUT2D eigenvalue weighted by molar-refractivity contribution is 0.0679. The van der Waals surface area contributed by atoms with Gasteiger partial charge in [-0.15, -0.1) is 0 Å². The molecule has 0 unspecified atom stereocenters. The molecule has 146 valence electrons. The number of ether oxygens (including phenoxy) is 1. The van der Waals surface area contributed by atoms with Gasteiger partial charge in [-0.05, 0) is 63.6 Å². The summed E-state index contributed by atoms with van der Waals surface area (Å²) in [5.41, 5.74) is 0.357. The maximum absolute atomic E-state index is 12.9. The SMILES string of the molecule is COc1ccc(C(=O)N(C)C2CCC(C)CC2)cc1S(=O)(=O)NC(C)C. The monoisotopic (exact) mass is 382 g/mol. The Morgan fingerprint density at radius 3 is 2.38 bits per heavy atom. The number of hydrogen-bond acceptors (Lipinski definition) is 4. The van der Waals surface area contributed by atoms with Crippen LogP contribution in [0.15, 0.2) is 23.1 Å². The number of nitrogens with one attached hydrogen (secondary N) is 1. The number of carbonyl (C=O) groups is 1. The normalized spacial score (nSPS) is 20.8. The molecule has 0 aromatic heterocycles. The molecule has 26 heavy (non-hydrogen) atoms. The predicted molar refractivity (Wildman–Crippen MR) is 102 cm³/mol. The first-order chi connectivity index (χ1) is 12.2. The third kappa shape index (κ3) is 4.76. The van der Waals surface area contributed by atoms with E-state index < -0.39 is 10.0 Å². The van der Waals surface area contributed by atoms with Crippen molar-refractivity contribution in [2.45, 2.75) is 63.4 Å². The lowest BCUT2D eigenvalue weighted by Crippen LogP contribution is -2.39. The Morgan fingerprint density at radius 1 is 1.23 bits per heavy atom. The number of amides is 1. The van der Waals surface area contributed by atoms with E-state index in [1.54, 1.807) is 37.9 Å². The zero-order valence-corrected chi connectivity index (χ0v) is 17.1. The van der Waals surface area contributed by atoms with Crippen molar-refractivity contribution < 1.29 is 17.9 Å². The van der Waals surface area contributed by atoms with Crippen molar-refractivity contribution in [2.75, 3.05) is 14.2 Å². The second-order valence-corrected chi connectivity index (χ2v) is 9.15. The Morgan fingerprint density at radius 2 is 1.85 bits per heavy atom. The summed E-state index contributed by atoms with van der Waals surface area (Å²) < 4.78 is 32.9. The number of benzene rings is 1. The number of methoxy groups -OCH3 is 1. The van der Waals surface area contributed by atoms with E-state index in [9.17, 15) is 13.2 Å². The van der Waals surface area contributed by atoms with Crippen LogP contribution in [-0.2, 0) is 10.0 Å². The molecule has 0 heterocycles. The van der Waals surface area contributed by atoms with Crippen molar-refractivity contribution in [3.63, 3.8) is 0 Å². The molecule has 1 aromatic carbocycles. The highest BCUT2D eigenvalue weighted by atomic mass is 32.2.